The minimum atomic E-state index is 0.302. The van der Waals surface area contributed by atoms with Gasteiger partial charge in [0.15, 0.2) is 0 Å². The second-order valence-corrected chi connectivity index (χ2v) is 3.95. The topological polar surface area (TPSA) is 32.3 Å². The zero-order valence-electron chi connectivity index (χ0n) is 9.45. The molecule has 1 aromatic carbocycles. The van der Waals surface area contributed by atoms with E-state index in [1.54, 1.807) is 0 Å². The van der Waals surface area contributed by atoms with Crippen LogP contribution in [0.2, 0.25) is 0 Å². The van der Waals surface area contributed by atoms with E-state index in [0.29, 0.717) is 12.5 Å². The van der Waals surface area contributed by atoms with Crippen molar-refractivity contribution in [3.63, 3.8) is 0 Å². The average Bonchev–Trinajstić information content (AvgIpc) is 2.30. The summed E-state index contributed by atoms with van der Waals surface area (Å²) in [6.45, 7) is 4.54. The number of hydrogen-bond acceptors (Lipinski definition) is 2. The van der Waals surface area contributed by atoms with Crippen molar-refractivity contribution in [2.75, 3.05) is 19.7 Å². The van der Waals surface area contributed by atoms with Crippen LogP contribution in [0, 0.1) is 0 Å². The van der Waals surface area contributed by atoms with E-state index in [4.69, 9.17) is 5.11 Å². The molecule has 0 amide bonds. The first kappa shape index (κ1) is 12.2. The van der Waals surface area contributed by atoms with Gasteiger partial charge in [-0.25, -0.2) is 0 Å². The van der Waals surface area contributed by atoms with E-state index in [0.717, 1.165) is 25.9 Å². The number of rotatable bonds is 7. The van der Waals surface area contributed by atoms with Gasteiger partial charge in [0.2, 0.25) is 0 Å². The fourth-order valence-corrected chi connectivity index (χ4v) is 1.58. The van der Waals surface area contributed by atoms with Crippen LogP contribution in [0.3, 0.4) is 0 Å². The molecule has 0 saturated carbocycles. The molecule has 0 heterocycles. The third-order valence-electron chi connectivity index (χ3n) is 2.58. The van der Waals surface area contributed by atoms with Crippen LogP contribution in [0.25, 0.3) is 0 Å². The standard InChI is InChI=1S/C13H21NO/c1-12(11-14-9-5-6-10-15)13-7-3-2-4-8-13/h2-4,7-8,12,14-15H,5-6,9-11H2,1H3/t12-/m1/s1. The van der Waals surface area contributed by atoms with Crippen molar-refractivity contribution in [2.45, 2.75) is 25.7 Å². The van der Waals surface area contributed by atoms with Gasteiger partial charge in [-0.2, -0.15) is 0 Å². The lowest BCUT2D eigenvalue weighted by Crippen LogP contribution is -2.21. The Morgan fingerprint density at radius 2 is 1.93 bits per heavy atom. The molecule has 0 bridgehead atoms. The molecule has 0 fully saturated rings. The Labute approximate surface area is 92.3 Å². The summed E-state index contributed by atoms with van der Waals surface area (Å²) in [7, 11) is 0. The van der Waals surface area contributed by atoms with Crippen LogP contribution in [-0.4, -0.2) is 24.8 Å². The van der Waals surface area contributed by atoms with Crippen molar-refractivity contribution in [1.82, 2.24) is 5.32 Å². The van der Waals surface area contributed by atoms with Crippen LogP contribution >= 0.6 is 0 Å². The molecule has 1 rings (SSSR count). The van der Waals surface area contributed by atoms with Crippen LogP contribution in [0.4, 0.5) is 0 Å². The first-order chi connectivity index (χ1) is 7.34. The Balaban J connectivity index is 2.16. The second kappa shape index (κ2) is 7.43. The summed E-state index contributed by atoms with van der Waals surface area (Å²) in [6.07, 6.45) is 1.95. The average molecular weight is 207 g/mol. The van der Waals surface area contributed by atoms with E-state index in [-0.39, 0.29) is 0 Å². The zero-order valence-corrected chi connectivity index (χ0v) is 9.45. The molecule has 0 spiro atoms. The molecular formula is C13H21NO. The Hall–Kier alpha value is -0.860. The molecule has 2 heteroatoms. The molecule has 0 aliphatic rings. The lowest BCUT2D eigenvalue weighted by molar-refractivity contribution is 0.283. The van der Waals surface area contributed by atoms with E-state index in [1.165, 1.54) is 5.56 Å². The van der Waals surface area contributed by atoms with Gasteiger partial charge in [-0.05, 0) is 30.9 Å². The van der Waals surface area contributed by atoms with Crippen molar-refractivity contribution in [1.29, 1.82) is 0 Å². The maximum Gasteiger partial charge on any atom is 0.0431 e. The van der Waals surface area contributed by atoms with Crippen molar-refractivity contribution >= 4 is 0 Å². The maximum absolute atomic E-state index is 8.62. The highest BCUT2D eigenvalue weighted by atomic mass is 16.2. The Kier molecular flexibility index (Phi) is 6.05. The number of unbranched alkanes of at least 4 members (excludes halogenated alkanes) is 1. The number of aliphatic hydroxyl groups excluding tert-OH is 1. The third-order valence-corrected chi connectivity index (χ3v) is 2.58. The highest BCUT2D eigenvalue weighted by Gasteiger charge is 2.02. The van der Waals surface area contributed by atoms with Crippen LogP contribution in [-0.2, 0) is 0 Å². The van der Waals surface area contributed by atoms with Crippen LogP contribution in [0.15, 0.2) is 30.3 Å². The summed E-state index contributed by atoms with van der Waals surface area (Å²) in [5.41, 5.74) is 1.38. The molecule has 15 heavy (non-hydrogen) atoms. The van der Waals surface area contributed by atoms with E-state index in [9.17, 15) is 0 Å². The van der Waals surface area contributed by atoms with E-state index >= 15 is 0 Å². The molecule has 0 radical (unpaired) electrons. The summed E-state index contributed by atoms with van der Waals surface area (Å²) in [5, 5.41) is 12.0. The zero-order chi connectivity index (χ0) is 10.9. The SMILES string of the molecule is C[C@H](CNCCCCO)c1ccccc1. The summed E-state index contributed by atoms with van der Waals surface area (Å²) in [5.74, 6) is 0.556. The molecule has 1 atom stereocenters. The summed E-state index contributed by atoms with van der Waals surface area (Å²) >= 11 is 0. The Bertz CT molecular complexity index is 248. The highest BCUT2D eigenvalue weighted by Crippen LogP contribution is 2.12. The van der Waals surface area contributed by atoms with Gasteiger partial charge in [-0.1, -0.05) is 37.3 Å². The molecule has 0 aliphatic heterocycles. The van der Waals surface area contributed by atoms with E-state index in [2.05, 4.69) is 36.5 Å². The Morgan fingerprint density at radius 3 is 2.60 bits per heavy atom. The third kappa shape index (κ3) is 4.96. The number of nitrogens with one attached hydrogen (secondary N) is 1. The maximum atomic E-state index is 8.62. The fraction of sp³-hybridized carbons (Fsp3) is 0.538. The fourth-order valence-electron chi connectivity index (χ4n) is 1.58. The van der Waals surface area contributed by atoms with Gasteiger partial charge < -0.3 is 10.4 Å². The van der Waals surface area contributed by atoms with Crippen molar-refractivity contribution < 1.29 is 5.11 Å². The molecule has 0 unspecified atom stereocenters. The van der Waals surface area contributed by atoms with Crippen molar-refractivity contribution in [3.05, 3.63) is 35.9 Å². The minimum Gasteiger partial charge on any atom is -0.396 e. The van der Waals surface area contributed by atoms with Gasteiger partial charge in [0, 0.05) is 13.2 Å². The quantitative estimate of drug-likeness (QED) is 0.671. The van der Waals surface area contributed by atoms with Crippen LogP contribution in [0.1, 0.15) is 31.2 Å². The second-order valence-electron chi connectivity index (χ2n) is 3.95. The van der Waals surface area contributed by atoms with Gasteiger partial charge in [0.25, 0.3) is 0 Å². The predicted octanol–water partition coefficient (Wildman–Crippen LogP) is 2.15. The number of benzene rings is 1. The van der Waals surface area contributed by atoms with Gasteiger partial charge in [0.1, 0.15) is 0 Å². The predicted molar refractivity (Wildman–Crippen MR) is 64.0 cm³/mol. The molecule has 0 aliphatic carbocycles. The van der Waals surface area contributed by atoms with Crippen LogP contribution < -0.4 is 5.32 Å². The van der Waals surface area contributed by atoms with Gasteiger partial charge in [-0.3, -0.25) is 0 Å². The molecule has 2 nitrogen and oxygen atoms in total. The van der Waals surface area contributed by atoms with Crippen LogP contribution in [0.5, 0.6) is 0 Å². The first-order valence-electron chi connectivity index (χ1n) is 5.71. The summed E-state index contributed by atoms with van der Waals surface area (Å²) in [6, 6.07) is 10.5. The molecule has 84 valence electrons. The van der Waals surface area contributed by atoms with E-state index in [1.807, 2.05) is 6.07 Å². The molecule has 1 aromatic rings. The summed E-state index contributed by atoms with van der Waals surface area (Å²) in [4.78, 5) is 0. The monoisotopic (exact) mass is 207 g/mol. The molecular weight excluding hydrogens is 186 g/mol. The molecule has 2 N–H and O–H groups in total. The minimum absolute atomic E-state index is 0.302. The smallest absolute Gasteiger partial charge is 0.0431 e. The lowest BCUT2D eigenvalue weighted by Gasteiger charge is -2.12. The van der Waals surface area contributed by atoms with E-state index < -0.39 is 0 Å². The van der Waals surface area contributed by atoms with Gasteiger partial charge >= 0.3 is 0 Å². The largest absolute Gasteiger partial charge is 0.396 e. The number of aliphatic hydroxyl groups is 1. The highest BCUT2D eigenvalue weighted by molar-refractivity contribution is 5.18. The van der Waals surface area contributed by atoms with Gasteiger partial charge in [0.05, 0.1) is 0 Å². The molecule has 0 aromatic heterocycles. The number of hydrogen-bond donors (Lipinski definition) is 2. The Morgan fingerprint density at radius 1 is 1.20 bits per heavy atom. The lowest BCUT2D eigenvalue weighted by atomic mass is 10.0. The van der Waals surface area contributed by atoms with Gasteiger partial charge in [-0.15, -0.1) is 0 Å². The molecule has 0 saturated heterocycles. The summed E-state index contributed by atoms with van der Waals surface area (Å²) < 4.78 is 0. The normalized spacial score (nSPS) is 12.7. The van der Waals surface area contributed by atoms with Crippen molar-refractivity contribution in [2.24, 2.45) is 0 Å². The first-order valence-corrected chi connectivity index (χ1v) is 5.71. The van der Waals surface area contributed by atoms with Crippen molar-refractivity contribution in [3.8, 4) is 0 Å².